The van der Waals surface area contributed by atoms with E-state index in [1.807, 2.05) is 6.07 Å². The number of anilines is 1. The second-order valence-corrected chi connectivity index (χ2v) is 4.93. The molecule has 0 radical (unpaired) electrons. The Bertz CT molecular complexity index is 431. The zero-order chi connectivity index (χ0) is 13.0. The number of rotatable bonds is 4. The molecule has 1 aromatic rings. The van der Waals surface area contributed by atoms with Crippen LogP contribution in [0.5, 0.6) is 0 Å². The molecule has 1 aromatic carbocycles. The lowest BCUT2D eigenvalue weighted by Crippen LogP contribution is -2.24. The van der Waals surface area contributed by atoms with Crippen molar-refractivity contribution in [1.82, 2.24) is 0 Å². The van der Waals surface area contributed by atoms with E-state index in [-0.39, 0.29) is 0 Å². The second-order valence-electron chi connectivity index (χ2n) is 4.52. The van der Waals surface area contributed by atoms with Crippen molar-refractivity contribution < 1.29 is 9.53 Å². The van der Waals surface area contributed by atoms with Crippen LogP contribution >= 0.6 is 11.6 Å². The summed E-state index contributed by atoms with van der Waals surface area (Å²) in [6.45, 7) is 2.49. The van der Waals surface area contributed by atoms with E-state index in [4.69, 9.17) is 22.1 Å². The van der Waals surface area contributed by atoms with Gasteiger partial charge >= 0.3 is 0 Å². The van der Waals surface area contributed by atoms with Gasteiger partial charge in [0.05, 0.1) is 17.2 Å². The van der Waals surface area contributed by atoms with E-state index in [0.717, 1.165) is 31.9 Å². The lowest BCUT2D eigenvalue weighted by atomic mass is 10.0. The van der Waals surface area contributed by atoms with Crippen LogP contribution in [-0.2, 0) is 4.74 Å². The highest BCUT2D eigenvalue weighted by Crippen LogP contribution is 2.21. The molecule has 1 amide bonds. The Morgan fingerprint density at radius 1 is 1.56 bits per heavy atom. The molecular formula is C13H17ClN2O2. The van der Waals surface area contributed by atoms with Gasteiger partial charge in [-0.2, -0.15) is 0 Å². The van der Waals surface area contributed by atoms with Gasteiger partial charge in [-0.1, -0.05) is 11.6 Å². The number of nitrogens with two attached hydrogens (primary N) is 1. The molecule has 3 N–H and O–H groups in total. The number of hydrogen-bond acceptors (Lipinski definition) is 3. The monoisotopic (exact) mass is 268 g/mol. The van der Waals surface area contributed by atoms with E-state index < -0.39 is 5.91 Å². The zero-order valence-corrected chi connectivity index (χ0v) is 10.9. The fraction of sp³-hybridized carbons (Fsp3) is 0.462. The number of benzene rings is 1. The Hall–Kier alpha value is -1.26. The molecule has 0 saturated carbocycles. The largest absolute Gasteiger partial charge is 0.385 e. The smallest absolute Gasteiger partial charge is 0.250 e. The minimum atomic E-state index is -0.510. The van der Waals surface area contributed by atoms with Crippen molar-refractivity contribution >= 4 is 23.2 Å². The lowest BCUT2D eigenvalue weighted by Gasteiger charge is -2.22. The molecule has 1 aliphatic rings. The van der Waals surface area contributed by atoms with Crippen LogP contribution in [-0.4, -0.2) is 25.7 Å². The first-order valence-corrected chi connectivity index (χ1v) is 6.45. The van der Waals surface area contributed by atoms with Gasteiger partial charge < -0.3 is 15.8 Å². The summed E-state index contributed by atoms with van der Waals surface area (Å²) in [4.78, 5) is 11.2. The van der Waals surface area contributed by atoms with Crippen LogP contribution in [0.25, 0.3) is 0 Å². The van der Waals surface area contributed by atoms with Gasteiger partial charge in [0.2, 0.25) is 5.91 Å². The van der Waals surface area contributed by atoms with Gasteiger partial charge in [-0.3, -0.25) is 4.79 Å². The minimum absolute atomic E-state index is 0.349. The summed E-state index contributed by atoms with van der Waals surface area (Å²) in [6.07, 6.45) is 2.28. The van der Waals surface area contributed by atoms with Gasteiger partial charge in [0, 0.05) is 18.8 Å². The van der Waals surface area contributed by atoms with E-state index in [1.165, 1.54) is 6.42 Å². The number of hydrogen-bond donors (Lipinski definition) is 2. The first-order chi connectivity index (χ1) is 8.66. The molecule has 0 aliphatic carbocycles. The number of carbonyl (C=O) groups excluding carboxylic acids is 1. The Morgan fingerprint density at radius 2 is 2.39 bits per heavy atom. The molecule has 5 heteroatoms. The molecule has 1 atom stereocenters. The highest BCUT2D eigenvalue weighted by molar-refractivity contribution is 6.33. The fourth-order valence-electron chi connectivity index (χ4n) is 2.05. The van der Waals surface area contributed by atoms with Gasteiger partial charge in [0.15, 0.2) is 0 Å². The quantitative estimate of drug-likeness (QED) is 0.881. The maximum Gasteiger partial charge on any atom is 0.250 e. The average molecular weight is 269 g/mol. The standard InChI is InChI=1S/C13H17ClN2O2/c14-12-4-3-10(6-11(12)13(15)17)16-7-9-2-1-5-18-8-9/h3-4,6,9,16H,1-2,5,7-8H2,(H2,15,17)/t9-/m0/s1. The summed E-state index contributed by atoms with van der Waals surface area (Å²) in [5, 5.41) is 3.67. The Morgan fingerprint density at radius 3 is 3.06 bits per heavy atom. The minimum Gasteiger partial charge on any atom is -0.385 e. The van der Waals surface area contributed by atoms with Gasteiger partial charge in [-0.15, -0.1) is 0 Å². The van der Waals surface area contributed by atoms with Gasteiger partial charge in [-0.05, 0) is 37.0 Å². The molecule has 98 valence electrons. The molecule has 4 nitrogen and oxygen atoms in total. The SMILES string of the molecule is NC(=O)c1cc(NC[C@@H]2CCCOC2)ccc1Cl. The Kier molecular flexibility index (Phi) is 4.44. The molecule has 0 spiro atoms. The molecule has 1 saturated heterocycles. The van der Waals surface area contributed by atoms with Crippen molar-refractivity contribution in [1.29, 1.82) is 0 Å². The van der Waals surface area contributed by atoms with E-state index in [9.17, 15) is 4.79 Å². The van der Waals surface area contributed by atoms with Crippen LogP contribution in [0.2, 0.25) is 5.02 Å². The molecule has 2 rings (SSSR count). The maximum atomic E-state index is 11.2. The normalized spacial score (nSPS) is 19.5. The third kappa shape index (κ3) is 3.37. The van der Waals surface area contributed by atoms with Crippen molar-refractivity contribution in [2.75, 3.05) is 25.1 Å². The Balaban J connectivity index is 1.96. The van der Waals surface area contributed by atoms with Crippen molar-refractivity contribution in [2.45, 2.75) is 12.8 Å². The molecule has 18 heavy (non-hydrogen) atoms. The first kappa shape index (κ1) is 13.2. The lowest BCUT2D eigenvalue weighted by molar-refractivity contribution is 0.0595. The number of halogens is 1. The third-order valence-electron chi connectivity index (χ3n) is 3.08. The molecule has 0 bridgehead atoms. The zero-order valence-electron chi connectivity index (χ0n) is 10.1. The third-order valence-corrected chi connectivity index (χ3v) is 3.41. The first-order valence-electron chi connectivity index (χ1n) is 6.08. The number of amides is 1. The van der Waals surface area contributed by atoms with Crippen molar-refractivity contribution in [3.63, 3.8) is 0 Å². The van der Waals surface area contributed by atoms with Gasteiger partial charge in [0.1, 0.15) is 0 Å². The van der Waals surface area contributed by atoms with Gasteiger partial charge in [0.25, 0.3) is 0 Å². The predicted molar refractivity (Wildman–Crippen MR) is 72.0 cm³/mol. The van der Waals surface area contributed by atoms with E-state index in [1.54, 1.807) is 12.1 Å². The number of ether oxygens (including phenoxy) is 1. The fourth-order valence-corrected chi connectivity index (χ4v) is 2.27. The highest BCUT2D eigenvalue weighted by atomic mass is 35.5. The summed E-state index contributed by atoms with van der Waals surface area (Å²) in [7, 11) is 0. The molecule has 0 aromatic heterocycles. The summed E-state index contributed by atoms with van der Waals surface area (Å²) in [5.74, 6) is 0.0103. The average Bonchev–Trinajstić information content (AvgIpc) is 2.38. The molecule has 1 fully saturated rings. The number of primary amides is 1. The van der Waals surface area contributed by atoms with E-state index >= 15 is 0 Å². The maximum absolute atomic E-state index is 11.2. The topological polar surface area (TPSA) is 64.4 Å². The summed E-state index contributed by atoms with van der Waals surface area (Å²) in [6, 6.07) is 5.22. The molecule has 0 unspecified atom stereocenters. The summed E-state index contributed by atoms with van der Waals surface area (Å²) in [5.41, 5.74) is 6.46. The Labute approximate surface area is 111 Å². The number of carbonyl (C=O) groups is 1. The van der Waals surface area contributed by atoms with Crippen molar-refractivity contribution in [2.24, 2.45) is 11.7 Å². The highest BCUT2D eigenvalue weighted by Gasteiger charge is 2.14. The van der Waals surface area contributed by atoms with Crippen molar-refractivity contribution in [3.8, 4) is 0 Å². The summed E-state index contributed by atoms with van der Waals surface area (Å²) >= 11 is 5.89. The van der Waals surface area contributed by atoms with Crippen LogP contribution in [0.3, 0.4) is 0 Å². The summed E-state index contributed by atoms with van der Waals surface area (Å²) < 4.78 is 5.42. The van der Waals surface area contributed by atoms with Crippen LogP contribution in [0.4, 0.5) is 5.69 Å². The molecular weight excluding hydrogens is 252 g/mol. The second kappa shape index (κ2) is 6.07. The van der Waals surface area contributed by atoms with Crippen LogP contribution in [0, 0.1) is 5.92 Å². The van der Waals surface area contributed by atoms with E-state index in [2.05, 4.69) is 5.32 Å². The van der Waals surface area contributed by atoms with Crippen molar-refractivity contribution in [3.05, 3.63) is 28.8 Å². The predicted octanol–water partition coefficient (Wildman–Crippen LogP) is 2.28. The van der Waals surface area contributed by atoms with Crippen LogP contribution in [0.15, 0.2) is 18.2 Å². The number of nitrogens with one attached hydrogen (secondary N) is 1. The molecule has 1 aliphatic heterocycles. The van der Waals surface area contributed by atoms with Crippen LogP contribution < -0.4 is 11.1 Å². The van der Waals surface area contributed by atoms with Crippen LogP contribution in [0.1, 0.15) is 23.2 Å². The van der Waals surface area contributed by atoms with Gasteiger partial charge in [-0.25, -0.2) is 0 Å². The van der Waals surface area contributed by atoms with E-state index in [0.29, 0.717) is 16.5 Å². The molecule has 1 heterocycles.